The van der Waals surface area contributed by atoms with Crippen LogP contribution in [-0.4, -0.2) is 40.0 Å². The molecule has 2 aromatic heterocycles. The number of anilines is 2. The van der Waals surface area contributed by atoms with E-state index in [-0.39, 0.29) is 28.4 Å². The third-order valence-electron chi connectivity index (χ3n) is 3.56. The van der Waals surface area contributed by atoms with Crippen molar-refractivity contribution in [3.05, 3.63) is 53.5 Å². The van der Waals surface area contributed by atoms with Crippen LogP contribution in [0.15, 0.2) is 36.8 Å². The van der Waals surface area contributed by atoms with Gasteiger partial charge in [-0.25, -0.2) is 19.3 Å². The number of para-hydroxylation sites is 1. The molecule has 3 rings (SSSR count). The first-order valence-electron chi connectivity index (χ1n) is 7.70. The largest absolute Gasteiger partial charge is 0.494 e. The van der Waals surface area contributed by atoms with Gasteiger partial charge in [-0.15, -0.1) is 0 Å². The lowest BCUT2D eigenvalue weighted by Gasteiger charge is -2.15. The summed E-state index contributed by atoms with van der Waals surface area (Å²) in [5, 5.41) is 5.50. The van der Waals surface area contributed by atoms with Gasteiger partial charge < -0.3 is 15.4 Å². The zero-order chi connectivity index (χ0) is 19.4. The first-order chi connectivity index (χ1) is 13.0. The number of methoxy groups -OCH3 is 1. The summed E-state index contributed by atoms with van der Waals surface area (Å²) >= 11 is 5.87. The van der Waals surface area contributed by atoms with Crippen molar-refractivity contribution in [3.63, 3.8) is 0 Å². The molecular weight excluding hydrogens is 375 g/mol. The third kappa shape index (κ3) is 3.93. The molecule has 0 aliphatic rings. The van der Waals surface area contributed by atoms with E-state index in [2.05, 4.69) is 30.6 Å². The second-order valence-corrected chi connectivity index (χ2v) is 5.55. The highest BCUT2D eigenvalue weighted by atomic mass is 35.5. The van der Waals surface area contributed by atoms with Crippen LogP contribution >= 0.6 is 11.6 Å². The van der Waals surface area contributed by atoms with Crippen molar-refractivity contribution >= 4 is 29.0 Å². The van der Waals surface area contributed by atoms with Gasteiger partial charge in [0.2, 0.25) is 5.28 Å². The second-order valence-electron chi connectivity index (χ2n) is 5.22. The molecule has 10 heteroatoms. The van der Waals surface area contributed by atoms with Gasteiger partial charge in [0.25, 0.3) is 5.91 Å². The number of nitrogens with one attached hydrogen (secondary N) is 2. The minimum Gasteiger partial charge on any atom is -0.494 e. The summed E-state index contributed by atoms with van der Waals surface area (Å²) in [7, 11) is 2.97. The average Bonchev–Trinajstić information content (AvgIpc) is 2.68. The van der Waals surface area contributed by atoms with Gasteiger partial charge in [0.05, 0.1) is 30.8 Å². The molecule has 1 aromatic carbocycles. The van der Waals surface area contributed by atoms with Crippen molar-refractivity contribution in [2.45, 2.75) is 0 Å². The SMILES string of the molecule is CNC(=O)c1cnc(Cl)nc1Nc1cccc(-c2ncc(F)cn2)c1OC. The van der Waals surface area contributed by atoms with Crippen LogP contribution in [0.1, 0.15) is 10.4 Å². The number of nitrogens with zero attached hydrogens (tertiary/aromatic N) is 4. The van der Waals surface area contributed by atoms with Crippen LogP contribution < -0.4 is 15.4 Å². The Labute approximate surface area is 158 Å². The van der Waals surface area contributed by atoms with E-state index in [1.807, 2.05) is 0 Å². The molecule has 0 saturated heterocycles. The zero-order valence-corrected chi connectivity index (χ0v) is 15.1. The van der Waals surface area contributed by atoms with E-state index >= 15 is 0 Å². The van der Waals surface area contributed by atoms with Crippen molar-refractivity contribution in [1.82, 2.24) is 25.3 Å². The highest BCUT2D eigenvalue weighted by molar-refractivity contribution is 6.28. The minimum absolute atomic E-state index is 0.0258. The maximum absolute atomic E-state index is 13.1. The summed E-state index contributed by atoms with van der Waals surface area (Å²) in [5.41, 5.74) is 1.22. The van der Waals surface area contributed by atoms with Gasteiger partial charge in [-0.05, 0) is 23.7 Å². The van der Waals surface area contributed by atoms with Gasteiger partial charge in [0.1, 0.15) is 11.4 Å². The molecular formula is C17H14ClFN6O2. The van der Waals surface area contributed by atoms with Crippen LogP contribution in [0.2, 0.25) is 5.28 Å². The lowest BCUT2D eigenvalue weighted by Crippen LogP contribution is -2.20. The van der Waals surface area contributed by atoms with Gasteiger partial charge in [0, 0.05) is 13.2 Å². The van der Waals surface area contributed by atoms with Crippen LogP contribution in [0.3, 0.4) is 0 Å². The second kappa shape index (κ2) is 7.92. The molecule has 0 atom stereocenters. The van der Waals surface area contributed by atoms with Gasteiger partial charge >= 0.3 is 0 Å². The molecule has 1 amide bonds. The Kier molecular flexibility index (Phi) is 5.41. The number of benzene rings is 1. The van der Waals surface area contributed by atoms with Crippen molar-refractivity contribution in [2.75, 3.05) is 19.5 Å². The Bertz CT molecular complexity index is 984. The summed E-state index contributed by atoms with van der Waals surface area (Å²) in [6, 6.07) is 5.18. The van der Waals surface area contributed by atoms with E-state index < -0.39 is 5.82 Å². The Hall–Kier alpha value is -3.33. The molecule has 0 spiro atoms. The zero-order valence-electron chi connectivity index (χ0n) is 14.3. The van der Waals surface area contributed by atoms with Crippen molar-refractivity contribution in [3.8, 4) is 17.1 Å². The number of hydrogen-bond acceptors (Lipinski definition) is 7. The fraction of sp³-hybridized carbons (Fsp3) is 0.118. The van der Waals surface area contributed by atoms with Crippen LogP contribution in [0.5, 0.6) is 5.75 Å². The van der Waals surface area contributed by atoms with Crippen molar-refractivity contribution in [2.24, 2.45) is 0 Å². The smallest absolute Gasteiger partial charge is 0.256 e. The lowest BCUT2D eigenvalue weighted by molar-refractivity contribution is 0.0963. The van der Waals surface area contributed by atoms with Gasteiger partial charge in [-0.3, -0.25) is 4.79 Å². The van der Waals surface area contributed by atoms with E-state index in [4.69, 9.17) is 16.3 Å². The van der Waals surface area contributed by atoms with Crippen LogP contribution in [0, 0.1) is 5.82 Å². The van der Waals surface area contributed by atoms with Gasteiger partial charge in [-0.1, -0.05) is 6.07 Å². The molecule has 0 fully saturated rings. The predicted octanol–water partition coefficient (Wildman–Crippen LogP) is 2.84. The molecule has 27 heavy (non-hydrogen) atoms. The molecule has 8 nitrogen and oxygen atoms in total. The quantitative estimate of drug-likeness (QED) is 0.648. The highest BCUT2D eigenvalue weighted by Gasteiger charge is 2.18. The fourth-order valence-corrected chi connectivity index (χ4v) is 2.50. The Morgan fingerprint density at radius 1 is 1.19 bits per heavy atom. The fourth-order valence-electron chi connectivity index (χ4n) is 2.37. The first-order valence-corrected chi connectivity index (χ1v) is 8.08. The standard InChI is InChI=1S/C17H14ClFN6O2/c1-20-16(26)11-8-23-17(18)25-15(11)24-12-5-3-4-10(13(12)27-2)14-21-6-9(19)7-22-14/h3-8H,1-2H3,(H,20,26)(H,23,24,25). The molecule has 3 aromatic rings. The van der Waals surface area contributed by atoms with Gasteiger partial charge in [-0.2, -0.15) is 4.98 Å². The Morgan fingerprint density at radius 2 is 1.93 bits per heavy atom. The normalized spacial score (nSPS) is 10.4. The molecule has 2 heterocycles. The Morgan fingerprint density at radius 3 is 2.59 bits per heavy atom. The van der Waals surface area contributed by atoms with E-state index in [1.54, 1.807) is 18.2 Å². The van der Waals surface area contributed by atoms with E-state index in [1.165, 1.54) is 20.4 Å². The van der Waals surface area contributed by atoms with E-state index in [0.29, 0.717) is 17.0 Å². The molecule has 0 bridgehead atoms. The maximum Gasteiger partial charge on any atom is 0.256 e. The minimum atomic E-state index is -0.544. The predicted molar refractivity (Wildman–Crippen MR) is 97.7 cm³/mol. The van der Waals surface area contributed by atoms with Crippen LogP contribution in [-0.2, 0) is 0 Å². The lowest BCUT2D eigenvalue weighted by atomic mass is 10.1. The maximum atomic E-state index is 13.1. The molecule has 138 valence electrons. The summed E-state index contributed by atoms with van der Waals surface area (Å²) < 4.78 is 18.6. The van der Waals surface area contributed by atoms with E-state index in [9.17, 15) is 9.18 Å². The molecule has 0 aliphatic carbocycles. The summed E-state index contributed by atoms with van der Waals surface area (Å²) in [6.45, 7) is 0. The third-order valence-corrected chi connectivity index (χ3v) is 3.75. The topological polar surface area (TPSA) is 102 Å². The summed E-state index contributed by atoms with van der Waals surface area (Å²) in [4.78, 5) is 27.9. The number of carbonyl (C=O) groups excluding carboxylic acids is 1. The number of rotatable bonds is 5. The number of aromatic nitrogens is 4. The number of hydrogen-bond donors (Lipinski definition) is 2. The molecule has 0 unspecified atom stereocenters. The molecule has 0 radical (unpaired) electrons. The van der Waals surface area contributed by atoms with Crippen molar-refractivity contribution < 1.29 is 13.9 Å². The Balaban J connectivity index is 2.06. The number of halogens is 2. The molecule has 0 saturated carbocycles. The molecule has 0 aliphatic heterocycles. The number of amides is 1. The van der Waals surface area contributed by atoms with Crippen molar-refractivity contribution in [1.29, 1.82) is 0 Å². The summed E-state index contributed by atoms with van der Waals surface area (Å²) in [5.74, 6) is -0.0559. The van der Waals surface area contributed by atoms with Crippen LogP contribution in [0.4, 0.5) is 15.9 Å². The van der Waals surface area contributed by atoms with Crippen LogP contribution in [0.25, 0.3) is 11.4 Å². The molecule has 2 N–H and O–H groups in total. The first kappa shape index (κ1) is 18.5. The van der Waals surface area contributed by atoms with Gasteiger partial charge in [0.15, 0.2) is 17.4 Å². The number of ether oxygens (including phenoxy) is 1. The average molecular weight is 389 g/mol. The highest BCUT2D eigenvalue weighted by Crippen LogP contribution is 2.36. The summed E-state index contributed by atoms with van der Waals surface area (Å²) in [6.07, 6.45) is 3.45. The van der Waals surface area contributed by atoms with E-state index in [0.717, 1.165) is 12.4 Å². The number of carbonyl (C=O) groups is 1. The monoisotopic (exact) mass is 388 g/mol.